The molecule has 1 heterocycles. The molecule has 18 heavy (non-hydrogen) atoms. The molecule has 0 amide bonds. The Labute approximate surface area is 111 Å². The van der Waals surface area contributed by atoms with Crippen molar-refractivity contribution in [3.8, 4) is 0 Å². The Bertz CT molecular complexity index is 366. The maximum absolute atomic E-state index is 3.88. The van der Waals surface area contributed by atoms with Crippen LogP contribution in [-0.2, 0) is 6.54 Å². The minimum absolute atomic E-state index is 0.414. The number of benzene rings is 1. The van der Waals surface area contributed by atoms with Crippen LogP contribution < -0.4 is 5.32 Å². The van der Waals surface area contributed by atoms with Gasteiger partial charge in [0.2, 0.25) is 0 Å². The van der Waals surface area contributed by atoms with Crippen molar-refractivity contribution in [2.24, 2.45) is 5.41 Å². The number of rotatable bonds is 6. The highest BCUT2D eigenvalue weighted by Crippen LogP contribution is 2.26. The number of hydrogen-bond acceptors (Lipinski definition) is 2. The molecule has 1 aliphatic rings. The van der Waals surface area contributed by atoms with Crippen LogP contribution in [0.15, 0.2) is 43.0 Å². The molecule has 98 valence electrons. The molecule has 1 saturated heterocycles. The summed E-state index contributed by atoms with van der Waals surface area (Å²) in [6.07, 6.45) is 3.28. The lowest BCUT2D eigenvalue weighted by atomic mass is 9.89. The molecule has 1 N–H and O–H groups in total. The van der Waals surface area contributed by atoms with E-state index in [1.54, 1.807) is 0 Å². The summed E-state index contributed by atoms with van der Waals surface area (Å²) in [5, 5.41) is 3.47. The van der Waals surface area contributed by atoms with Gasteiger partial charge in [-0.2, -0.15) is 0 Å². The van der Waals surface area contributed by atoms with Gasteiger partial charge in [-0.05, 0) is 23.9 Å². The minimum Gasteiger partial charge on any atom is -0.316 e. The fourth-order valence-electron chi connectivity index (χ4n) is 2.75. The number of hydrogen-bond donors (Lipinski definition) is 1. The molecule has 0 bridgehead atoms. The van der Waals surface area contributed by atoms with E-state index >= 15 is 0 Å². The molecule has 1 unspecified atom stereocenters. The van der Waals surface area contributed by atoms with E-state index in [4.69, 9.17) is 0 Å². The van der Waals surface area contributed by atoms with Crippen LogP contribution in [0.3, 0.4) is 0 Å². The fraction of sp³-hybridized carbons (Fsp3) is 0.500. The average molecular weight is 244 g/mol. The first-order chi connectivity index (χ1) is 8.72. The van der Waals surface area contributed by atoms with Crippen LogP contribution in [0.4, 0.5) is 0 Å². The van der Waals surface area contributed by atoms with E-state index < -0.39 is 0 Å². The Morgan fingerprint density at radius 1 is 1.39 bits per heavy atom. The summed E-state index contributed by atoms with van der Waals surface area (Å²) in [7, 11) is 0. The fourth-order valence-corrected chi connectivity index (χ4v) is 2.75. The maximum atomic E-state index is 3.88. The lowest BCUT2D eigenvalue weighted by molar-refractivity contribution is 0.186. The van der Waals surface area contributed by atoms with Gasteiger partial charge in [0.25, 0.3) is 0 Å². The van der Waals surface area contributed by atoms with Crippen LogP contribution in [0.1, 0.15) is 18.9 Å². The Balaban J connectivity index is 1.97. The summed E-state index contributed by atoms with van der Waals surface area (Å²) in [5.41, 5.74) is 1.80. The molecule has 2 heteroatoms. The smallest absolute Gasteiger partial charge is 0.0237 e. The summed E-state index contributed by atoms with van der Waals surface area (Å²) in [5.74, 6) is 0. The molecule has 0 radical (unpaired) electrons. The second-order valence-electron chi connectivity index (χ2n) is 5.68. The van der Waals surface area contributed by atoms with Crippen LogP contribution in [0.2, 0.25) is 0 Å². The molecular formula is C16H24N2. The first-order valence-corrected chi connectivity index (χ1v) is 6.80. The predicted octanol–water partition coefficient (Wildman–Crippen LogP) is 2.67. The van der Waals surface area contributed by atoms with Gasteiger partial charge in [0.15, 0.2) is 0 Å². The summed E-state index contributed by atoms with van der Waals surface area (Å²) in [4.78, 5) is 2.50. The molecule has 0 saturated carbocycles. The Morgan fingerprint density at radius 2 is 2.17 bits per heavy atom. The van der Waals surface area contributed by atoms with Crippen LogP contribution in [0.25, 0.3) is 0 Å². The Morgan fingerprint density at radius 3 is 2.78 bits per heavy atom. The van der Waals surface area contributed by atoms with Crippen molar-refractivity contribution in [1.82, 2.24) is 10.2 Å². The zero-order chi connectivity index (χ0) is 12.8. The maximum Gasteiger partial charge on any atom is 0.0237 e. The van der Waals surface area contributed by atoms with Crippen molar-refractivity contribution in [2.45, 2.75) is 19.9 Å². The van der Waals surface area contributed by atoms with Crippen molar-refractivity contribution < 1.29 is 0 Å². The molecule has 1 aliphatic heterocycles. The van der Waals surface area contributed by atoms with Gasteiger partial charge < -0.3 is 5.32 Å². The van der Waals surface area contributed by atoms with E-state index in [0.29, 0.717) is 5.41 Å². The molecule has 0 spiro atoms. The third kappa shape index (κ3) is 3.69. The Hall–Kier alpha value is -1.12. The predicted molar refractivity (Wildman–Crippen MR) is 77.5 cm³/mol. The molecule has 1 atom stereocenters. The van der Waals surface area contributed by atoms with E-state index in [0.717, 1.165) is 32.7 Å². The van der Waals surface area contributed by atoms with E-state index in [9.17, 15) is 0 Å². The highest BCUT2D eigenvalue weighted by molar-refractivity contribution is 5.14. The number of nitrogens with one attached hydrogen (secondary N) is 1. The number of nitrogens with zero attached hydrogens (tertiary/aromatic N) is 1. The lowest BCUT2D eigenvalue weighted by Crippen LogP contribution is -2.37. The van der Waals surface area contributed by atoms with E-state index in [2.05, 4.69) is 54.1 Å². The van der Waals surface area contributed by atoms with Crippen LogP contribution in [0, 0.1) is 5.41 Å². The molecule has 1 fully saturated rings. The van der Waals surface area contributed by atoms with E-state index in [1.807, 2.05) is 6.08 Å². The summed E-state index contributed by atoms with van der Waals surface area (Å²) >= 11 is 0. The van der Waals surface area contributed by atoms with Crippen molar-refractivity contribution in [3.05, 3.63) is 48.6 Å². The quantitative estimate of drug-likeness (QED) is 0.774. The topological polar surface area (TPSA) is 15.3 Å². The SMILES string of the molecule is C=CCN(Cc1ccccc1)CC1(C)CCNC1. The second kappa shape index (κ2) is 6.17. The molecule has 1 aromatic carbocycles. The standard InChI is InChI=1S/C16H24N2/c1-3-11-18(12-15-7-5-4-6-8-15)14-16(2)9-10-17-13-16/h3-8,17H,1,9-14H2,2H3. The summed E-state index contributed by atoms with van der Waals surface area (Å²) in [6.45, 7) is 11.7. The van der Waals surface area contributed by atoms with Crippen molar-refractivity contribution >= 4 is 0 Å². The molecule has 2 rings (SSSR count). The largest absolute Gasteiger partial charge is 0.316 e. The van der Waals surface area contributed by atoms with Crippen molar-refractivity contribution in [3.63, 3.8) is 0 Å². The highest BCUT2D eigenvalue weighted by atomic mass is 15.1. The van der Waals surface area contributed by atoms with Gasteiger partial charge in [-0.25, -0.2) is 0 Å². The summed E-state index contributed by atoms with van der Waals surface area (Å²) < 4.78 is 0. The monoisotopic (exact) mass is 244 g/mol. The van der Waals surface area contributed by atoms with Gasteiger partial charge in [-0.1, -0.05) is 43.3 Å². The first-order valence-electron chi connectivity index (χ1n) is 6.80. The van der Waals surface area contributed by atoms with Gasteiger partial charge in [0.05, 0.1) is 0 Å². The molecule has 0 aromatic heterocycles. The Kier molecular flexibility index (Phi) is 4.56. The first kappa shape index (κ1) is 13.3. The van der Waals surface area contributed by atoms with E-state index in [1.165, 1.54) is 12.0 Å². The van der Waals surface area contributed by atoms with E-state index in [-0.39, 0.29) is 0 Å². The van der Waals surface area contributed by atoms with Gasteiger partial charge in [0, 0.05) is 26.2 Å². The van der Waals surface area contributed by atoms with Gasteiger partial charge in [-0.15, -0.1) is 6.58 Å². The van der Waals surface area contributed by atoms with Gasteiger partial charge in [0.1, 0.15) is 0 Å². The van der Waals surface area contributed by atoms with Crippen molar-refractivity contribution in [2.75, 3.05) is 26.2 Å². The van der Waals surface area contributed by atoms with Crippen molar-refractivity contribution in [1.29, 1.82) is 0 Å². The molecule has 0 aliphatic carbocycles. The normalized spacial score (nSPS) is 23.4. The van der Waals surface area contributed by atoms with Crippen LogP contribution >= 0.6 is 0 Å². The van der Waals surface area contributed by atoms with Crippen LogP contribution in [0.5, 0.6) is 0 Å². The molecule has 2 nitrogen and oxygen atoms in total. The van der Waals surface area contributed by atoms with Gasteiger partial charge >= 0.3 is 0 Å². The third-order valence-electron chi connectivity index (χ3n) is 3.70. The molecular weight excluding hydrogens is 220 g/mol. The second-order valence-corrected chi connectivity index (χ2v) is 5.68. The minimum atomic E-state index is 0.414. The molecule has 1 aromatic rings. The zero-order valence-corrected chi connectivity index (χ0v) is 11.4. The lowest BCUT2D eigenvalue weighted by Gasteiger charge is -2.31. The summed E-state index contributed by atoms with van der Waals surface area (Å²) in [6, 6.07) is 10.7. The average Bonchev–Trinajstić information content (AvgIpc) is 2.77. The zero-order valence-electron chi connectivity index (χ0n) is 11.4. The van der Waals surface area contributed by atoms with Crippen LogP contribution in [-0.4, -0.2) is 31.1 Å². The highest BCUT2D eigenvalue weighted by Gasteiger charge is 2.30. The van der Waals surface area contributed by atoms with Gasteiger partial charge in [-0.3, -0.25) is 4.90 Å². The third-order valence-corrected chi connectivity index (χ3v) is 3.70.